The van der Waals surface area contributed by atoms with Crippen LogP contribution in [-0.2, 0) is 0 Å². The van der Waals surface area contributed by atoms with Crippen LogP contribution in [0.15, 0.2) is 36.5 Å². The molecule has 0 radical (unpaired) electrons. The number of rotatable bonds is 5. The molecule has 6 heteroatoms. The fourth-order valence-electron chi connectivity index (χ4n) is 2.98. The van der Waals surface area contributed by atoms with Gasteiger partial charge in [-0.1, -0.05) is 18.2 Å². The van der Waals surface area contributed by atoms with Gasteiger partial charge in [-0.3, -0.25) is 4.79 Å². The van der Waals surface area contributed by atoms with Gasteiger partial charge in [0.05, 0.1) is 11.9 Å². The molecule has 0 unspecified atom stereocenters. The maximum Gasteiger partial charge on any atom is 0.276 e. The lowest BCUT2D eigenvalue weighted by molar-refractivity contribution is 0.0680. The molecule has 1 aliphatic heterocycles. The maximum absolute atomic E-state index is 12.6. The summed E-state index contributed by atoms with van der Waals surface area (Å²) in [7, 11) is 1.98. The van der Waals surface area contributed by atoms with Crippen LogP contribution in [0.3, 0.4) is 0 Å². The molecule has 1 amide bonds. The molecule has 0 aliphatic carbocycles. The second-order valence-electron chi connectivity index (χ2n) is 5.98. The minimum Gasteiger partial charge on any atom is -0.337 e. The Morgan fingerprint density at radius 2 is 2.00 bits per heavy atom. The molecule has 0 atom stereocenters. The number of nitrogens with one attached hydrogen (secondary N) is 1. The van der Waals surface area contributed by atoms with Crippen LogP contribution in [0.5, 0.6) is 0 Å². The van der Waals surface area contributed by atoms with Crippen molar-refractivity contribution in [2.45, 2.75) is 19.3 Å². The topological polar surface area (TPSA) is 63.1 Å². The van der Waals surface area contributed by atoms with Gasteiger partial charge in [0, 0.05) is 13.1 Å². The van der Waals surface area contributed by atoms with Crippen molar-refractivity contribution < 1.29 is 4.79 Å². The lowest BCUT2D eigenvalue weighted by atomic mass is 9.93. The smallest absolute Gasteiger partial charge is 0.276 e. The highest BCUT2D eigenvalue weighted by Crippen LogP contribution is 2.21. The van der Waals surface area contributed by atoms with E-state index in [1.807, 2.05) is 42.3 Å². The zero-order chi connectivity index (χ0) is 16.1. The van der Waals surface area contributed by atoms with E-state index in [4.69, 9.17) is 0 Å². The van der Waals surface area contributed by atoms with Crippen LogP contribution < -0.4 is 5.32 Å². The van der Waals surface area contributed by atoms with Gasteiger partial charge in [-0.2, -0.15) is 9.90 Å². The molecule has 3 rings (SSSR count). The molecule has 1 aromatic carbocycles. The average Bonchev–Trinajstić information content (AvgIpc) is 3.11. The van der Waals surface area contributed by atoms with E-state index in [1.54, 1.807) is 6.20 Å². The fraction of sp³-hybridized carbons (Fsp3) is 0.471. The van der Waals surface area contributed by atoms with E-state index in [0.717, 1.165) is 38.2 Å². The van der Waals surface area contributed by atoms with Crippen molar-refractivity contribution in [3.8, 4) is 5.69 Å². The van der Waals surface area contributed by atoms with E-state index in [-0.39, 0.29) is 5.91 Å². The third kappa shape index (κ3) is 3.76. The summed E-state index contributed by atoms with van der Waals surface area (Å²) < 4.78 is 0. The predicted molar refractivity (Wildman–Crippen MR) is 88.5 cm³/mol. The number of nitrogens with zero attached hydrogens (tertiary/aromatic N) is 4. The van der Waals surface area contributed by atoms with Gasteiger partial charge in [-0.05, 0) is 50.9 Å². The highest BCUT2D eigenvalue weighted by atomic mass is 16.2. The molecule has 0 spiro atoms. The Hall–Kier alpha value is -2.21. The van der Waals surface area contributed by atoms with Crippen LogP contribution in [0.2, 0.25) is 0 Å². The number of aromatic nitrogens is 3. The molecule has 2 heterocycles. The molecule has 1 aliphatic rings. The molecular weight excluding hydrogens is 290 g/mol. The first-order valence-corrected chi connectivity index (χ1v) is 8.19. The second-order valence-corrected chi connectivity index (χ2v) is 5.98. The number of hydrogen-bond donors (Lipinski definition) is 1. The molecule has 23 heavy (non-hydrogen) atoms. The number of benzene rings is 1. The third-order valence-corrected chi connectivity index (χ3v) is 4.40. The van der Waals surface area contributed by atoms with Crippen molar-refractivity contribution in [1.29, 1.82) is 0 Å². The number of para-hydroxylation sites is 1. The molecule has 1 saturated heterocycles. The van der Waals surface area contributed by atoms with Crippen molar-refractivity contribution in [2.24, 2.45) is 5.92 Å². The highest BCUT2D eigenvalue weighted by molar-refractivity contribution is 5.92. The Labute approximate surface area is 136 Å². The van der Waals surface area contributed by atoms with Gasteiger partial charge in [0.15, 0.2) is 5.69 Å². The van der Waals surface area contributed by atoms with Gasteiger partial charge < -0.3 is 10.2 Å². The van der Waals surface area contributed by atoms with Gasteiger partial charge in [0.25, 0.3) is 5.91 Å². The first kappa shape index (κ1) is 15.7. The summed E-state index contributed by atoms with van der Waals surface area (Å²) in [5.41, 5.74) is 1.28. The summed E-state index contributed by atoms with van der Waals surface area (Å²) in [5.74, 6) is 0.700. The largest absolute Gasteiger partial charge is 0.337 e. The Bertz CT molecular complexity index is 631. The average molecular weight is 313 g/mol. The molecule has 0 bridgehead atoms. The number of piperidine rings is 1. The van der Waals surface area contributed by atoms with E-state index in [0.29, 0.717) is 11.6 Å². The Kier molecular flexibility index (Phi) is 5.02. The monoisotopic (exact) mass is 313 g/mol. The van der Waals surface area contributed by atoms with Crippen LogP contribution in [0, 0.1) is 5.92 Å². The number of hydrogen-bond acceptors (Lipinski definition) is 4. The number of carbonyl (C=O) groups is 1. The van der Waals surface area contributed by atoms with Gasteiger partial charge in [-0.15, -0.1) is 5.10 Å². The lowest BCUT2D eigenvalue weighted by Crippen LogP contribution is -2.39. The molecule has 2 aromatic rings. The summed E-state index contributed by atoms with van der Waals surface area (Å²) in [4.78, 5) is 16.0. The van der Waals surface area contributed by atoms with Gasteiger partial charge >= 0.3 is 0 Å². The van der Waals surface area contributed by atoms with Crippen LogP contribution in [0.25, 0.3) is 5.69 Å². The van der Waals surface area contributed by atoms with E-state index in [9.17, 15) is 4.79 Å². The van der Waals surface area contributed by atoms with Gasteiger partial charge in [0.1, 0.15) is 0 Å². The highest BCUT2D eigenvalue weighted by Gasteiger charge is 2.25. The minimum atomic E-state index is -0.0146. The SMILES string of the molecule is CNCCC1CCN(C(=O)c2cnn(-c3ccccc3)n2)CC1. The van der Waals surface area contributed by atoms with Crippen LogP contribution in [0.1, 0.15) is 29.8 Å². The quantitative estimate of drug-likeness (QED) is 0.913. The van der Waals surface area contributed by atoms with E-state index < -0.39 is 0 Å². The first-order valence-electron chi connectivity index (χ1n) is 8.19. The molecule has 1 aromatic heterocycles. The van der Waals surface area contributed by atoms with E-state index in [1.165, 1.54) is 11.2 Å². The normalized spacial score (nSPS) is 15.8. The van der Waals surface area contributed by atoms with Crippen molar-refractivity contribution >= 4 is 5.91 Å². The summed E-state index contributed by atoms with van der Waals surface area (Å²) in [5, 5.41) is 11.7. The summed E-state index contributed by atoms with van der Waals surface area (Å²) in [6.07, 6.45) is 4.88. The summed E-state index contributed by atoms with van der Waals surface area (Å²) in [6.45, 7) is 2.67. The first-order chi connectivity index (χ1) is 11.3. The summed E-state index contributed by atoms with van der Waals surface area (Å²) in [6, 6.07) is 9.63. The predicted octanol–water partition coefficient (Wildman–Crippen LogP) is 1.73. The maximum atomic E-state index is 12.6. The summed E-state index contributed by atoms with van der Waals surface area (Å²) >= 11 is 0. The van der Waals surface area contributed by atoms with Gasteiger partial charge in [-0.25, -0.2) is 0 Å². The van der Waals surface area contributed by atoms with Crippen molar-refractivity contribution in [3.63, 3.8) is 0 Å². The molecule has 6 nitrogen and oxygen atoms in total. The van der Waals surface area contributed by atoms with Gasteiger partial charge in [0.2, 0.25) is 0 Å². The number of amides is 1. The second kappa shape index (κ2) is 7.37. The van der Waals surface area contributed by atoms with E-state index >= 15 is 0 Å². The standard InChI is InChI=1S/C17H23N5O/c1-18-10-7-14-8-11-21(12-9-14)17(23)16-13-19-22(20-16)15-5-3-2-4-6-15/h2-6,13-14,18H,7-12H2,1H3. The number of carbonyl (C=O) groups excluding carboxylic acids is 1. The van der Waals surface area contributed by atoms with Crippen LogP contribution >= 0.6 is 0 Å². The minimum absolute atomic E-state index is 0.0146. The molecule has 1 fully saturated rings. The van der Waals surface area contributed by atoms with Crippen LogP contribution in [-0.4, -0.2) is 52.5 Å². The lowest BCUT2D eigenvalue weighted by Gasteiger charge is -2.31. The Morgan fingerprint density at radius 3 is 2.70 bits per heavy atom. The molecule has 122 valence electrons. The zero-order valence-corrected chi connectivity index (χ0v) is 13.5. The molecule has 0 saturated carbocycles. The Balaban J connectivity index is 1.60. The molecule has 1 N–H and O–H groups in total. The van der Waals surface area contributed by atoms with E-state index in [2.05, 4.69) is 15.5 Å². The van der Waals surface area contributed by atoms with Crippen molar-refractivity contribution in [1.82, 2.24) is 25.2 Å². The zero-order valence-electron chi connectivity index (χ0n) is 13.5. The third-order valence-electron chi connectivity index (χ3n) is 4.40. The number of likely N-dealkylation sites (tertiary alicyclic amines) is 1. The van der Waals surface area contributed by atoms with Crippen LogP contribution in [0.4, 0.5) is 0 Å². The Morgan fingerprint density at radius 1 is 1.26 bits per heavy atom. The van der Waals surface area contributed by atoms with Crippen molar-refractivity contribution in [2.75, 3.05) is 26.7 Å². The molecular formula is C17H23N5O. The fourth-order valence-corrected chi connectivity index (χ4v) is 2.98. The van der Waals surface area contributed by atoms with Crippen molar-refractivity contribution in [3.05, 3.63) is 42.2 Å².